The summed E-state index contributed by atoms with van der Waals surface area (Å²) >= 11 is 6.44. The smallest absolute Gasteiger partial charge is 0.130 e. The van der Waals surface area contributed by atoms with Gasteiger partial charge in [0, 0.05) is 4.95 Å². The molecule has 0 atom stereocenters. The first-order valence-corrected chi connectivity index (χ1v) is 5.40. The van der Waals surface area contributed by atoms with E-state index in [1.54, 1.807) is 0 Å². The minimum atomic E-state index is 0.870. The van der Waals surface area contributed by atoms with Crippen molar-refractivity contribution in [1.82, 2.24) is 0 Å². The van der Waals surface area contributed by atoms with Gasteiger partial charge in [-0.1, -0.05) is 15.9 Å². The van der Waals surface area contributed by atoms with Crippen molar-refractivity contribution in [2.75, 3.05) is 4.95 Å². The van der Waals surface area contributed by atoms with Crippen molar-refractivity contribution in [3.63, 3.8) is 0 Å². The Morgan fingerprint density at radius 3 is 2.00 bits per heavy atom. The molecule has 0 N–H and O–H groups in total. The predicted molar refractivity (Wildman–Crippen MR) is 28.5 cm³/mol. The summed E-state index contributed by atoms with van der Waals surface area (Å²) in [6, 6.07) is 0. The standard InChI is InChI=1S/CH2Br2Si/c2-1-4-3/h1H2. The van der Waals surface area contributed by atoms with Crippen LogP contribution in [0.2, 0.25) is 0 Å². The van der Waals surface area contributed by atoms with Gasteiger partial charge in [0.05, 0.1) is 0 Å². The van der Waals surface area contributed by atoms with E-state index in [1.807, 2.05) is 0 Å². The second-order valence-corrected chi connectivity index (χ2v) is 4.17. The molecule has 0 aromatic heterocycles. The average molecular weight is 202 g/mol. The first-order valence-electron chi connectivity index (χ1n) is 0.810. The third kappa shape index (κ3) is 3.18. The van der Waals surface area contributed by atoms with E-state index in [0.29, 0.717) is 0 Å². The highest BCUT2D eigenvalue weighted by atomic mass is 79.9. The van der Waals surface area contributed by atoms with Gasteiger partial charge in [-0.2, -0.15) is 0 Å². The number of rotatable bonds is 1. The van der Waals surface area contributed by atoms with Crippen molar-refractivity contribution in [2.45, 2.75) is 0 Å². The lowest BCUT2D eigenvalue weighted by Gasteiger charge is -1.60. The van der Waals surface area contributed by atoms with E-state index < -0.39 is 0 Å². The molecule has 0 spiro atoms. The monoisotopic (exact) mass is 200 g/mol. The third-order valence-electron chi connectivity index (χ3n) is 0.0505. The van der Waals surface area contributed by atoms with Gasteiger partial charge >= 0.3 is 0 Å². The normalized spacial score (nSPS) is 7.50. The van der Waals surface area contributed by atoms with Crippen LogP contribution in [0.1, 0.15) is 0 Å². The van der Waals surface area contributed by atoms with Crippen LogP contribution in [0.3, 0.4) is 0 Å². The molecule has 0 rings (SSSR count). The van der Waals surface area contributed by atoms with Gasteiger partial charge < -0.3 is 0 Å². The Labute approximate surface area is 44.5 Å². The highest BCUT2D eigenvalue weighted by molar-refractivity contribution is 9.24. The largest absolute Gasteiger partial charge is 0.148 e. The van der Waals surface area contributed by atoms with Gasteiger partial charge in [0.15, 0.2) is 0 Å². The highest BCUT2D eigenvalue weighted by Crippen LogP contribution is 1.78. The molecule has 0 aliphatic carbocycles. The van der Waals surface area contributed by atoms with Gasteiger partial charge in [-0.3, -0.25) is 0 Å². The molecule has 2 radical (unpaired) electrons. The van der Waals surface area contributed by atoms with Crippen LogP contribution >= 0.6 is 31.2 Å². The molecule has 4 heavy (non-hydrogen) atoms. The number of halogens is 2. The zero-order valence-corrected chi connectivity index (χ0v) is 6.14. The van der Waals surface area contributed by atoms with Crippen LogP contribution in [0.4, 0.5) is 0 Å². The Morgan fingerprint density at radius 2 is 2.00 bits per heavy atom. The first-order chi connectivity index (χ1) is 1.91. The van der Waals surface area contributed by atoms with Crippen LogP contribution in [-0.2, 0) is 0 Å². The van der Waals surface area contributed by atoms with Crippen molar-refractivity contribution in [2.24, 2.45) is 0 Å². The second kappa shape index (κ2) is 4.18. The predicted octanol–water partition coefficient (Wildman–Crippen LogP) is 1.35. The average Bonchev–Trinajstić information content (AvgIpc) is 1.37. The van der Waals surface area contributed by atoms with Crippen LogP contribution in [0.15, 0.2) is 0 Å². The van der Waals surface area contributed by atoms with Gasteiger partial charge in [0.1, 0.15) is 8.14 Å². The Balaban J connectivity index is 1.97. The fraction of sp³-hybridized carbons (Fsp3) is 1.00. The van der Waals surface area contributed by atoms with Crippen molar-refractivity contribution in [1.29, 1.82) is 0 Å². The minimum Gasteiger partial charge on any atom is -0.130 e. The van der Waals surface area contributed by atoms with Gasteiger partial charge in [0.2, 0.25) is 0 Å². The van der Waals surface area contributed by atoms with E-state index in [9.17, 15) is 0 Å². The van der Waals surface area contributed by atoms with E-state index in [-0.39, 0.29) is 0 Å². The molecule has 0 amide bonds. The summed E-state index contributed by atoms with van der Waals surface area (Å²) in [6.07, 6.45) is 0. The summed E-state index contributed by atoms with van der Waals surface area (Å²) in [5, 5.41) is 0. The molecule has 0 fully saturated rings. The fourth-order valence-electron chi connectivity index (χ4n) is 0. The zero-order chi connectivity index (χ0) is 3.41. The Hall–Kier alpha value is 1.18. The summed E-state index contributed by atoms with van der Waals surface area (Å²) in [7, 11) is 0.870. The highest BCUT2D eigenvalue weighted by Gasteiger charge is 1.65. The first kappa shape index (κ1) is 5.18. The Bertz CT molecular complexity index is 8.00. The van der Waals surface area contributed by atoms with Crippen LogP contribution in [0.5, 0.6) is 0 Å². The van der Waals surface area contributed by atoms with Crippen molar-refractivity contribution in [3.8, 4) is 0 Å². The summed E-state index contributed by atoms with van der Waals surface area (Å²) in [4.78, 5) is 1.08. The second-order valence-electron chi connectivity index (χ2n) is 0.267. The molecule has 0 aromatic carbocycles. The zero-order valence-electron chi connectivity index (χ0n) is 1.96. The van der Waals surface area contributed by atoms with E-state index in [4.69, 9.17) is 0 Å². The Morgan fingerprint density at radius 1 is 1.75 bits per heavy atom. The number of hydrogen-bond donors (Lipinski definition) is 0. The maximum Gasteiger partial charge on any atom is 0.148 e. The third-order valence-corrected chi connectivity index (χ3v) is 4.09. The lowest BCUT2D eigenvalue weighted by molar-refractivity contribution is 2.30. The lowest BCUT2D eigenvalue weighted by atomic mass is 11.9. The molecule has 0 nitrogen and oxygen atoms in total. The molecule has 0 aromatic rings. The lowest BCUT2D eigenvalue weighted by Crippen LogP contribution is -1.69. The molecule has 3 heteroatoms. The quantitative estimate of drug-likeness (QED) is 0.342. The SMILES string of the molecule is BrC[Si]Br. The summed E-state index contributed by atoms with van der Waals surface area (Å²) in [5.74, 6) is 0. The summed E-state index contributed by atoms with van der Waals surface area (Å²) in [5.41, 5.74) is 0. The van der Waals surface area contributed by atoms with E-state index in [0.717, 1.165) is 13.1 Å². The maximum atomic E-state index is 3.23. The van der Waals surface area contributed by atoms with Crippen molar-refractivity contribution >= 4 is 39.4 Å². The van der Waals surface area contributed by atoms with E-state index in [1.165, 1.54) is 0 Å². The number of hydrogen-bond acceptors (Lipinski definition) is 0. The molecule has 0 aliphatic rings. The van der Waals surface area contributed by atoms with Crippen LogP contribution in [0, 0.1) is 0 Å². The topological polar surface area (TPSA) is 0 Å². The molecule has 0 saturated heterocycles. The van der Waals surface area contributed by atoms with Gasteiger partial charge in [0.25, 0.3) is 0 Å². The molecular formula is CH2Br2Si. The molecule has 24 valence electrons. The van der Waals surface area contributed by atoms with Gasteiger partial charge in [-0.05, 0) is 0 Å². The number of alkyl halides is 1. The van der Waals surface area contributed by atoms with E-state index >= 15 is 0 Å². The van der Waals surface area contributed by atoms with Crippen LogP contribution < -0.4 is 0 Å². The molecule has 0 saturated carbocycles. The molecule has 0 aliphatic heterocycles. The fourth-order valence-corrected chi connectivity index (χ4v) is 0. The molecular weight excluding hydrogens is 200 g/mol. The molecule has 0 bridgehead atoms. The van der Waals surface area contributed by atoms with Crippen molar-refractivity contribution in [3.05, 3.63) is 0 Å². The van der Waals surface area contributed by atoms with Crippen molar-refractivity contribution < 1.29 is 0 Å². The van der Waals surface area contributed by atoms with Crippen LogP contribution in [0.25, 0.3) is 0 Å². The minimum absolute atomic E-state index is 0.870. The van der Waals surface area contributed by atoms with Gasteiger partial charge in [-0.25, -0.2) is 0 Å². The maximum absolute atomic E-state index is 3.23. The summed E-state index contributed by atoms with van der Waals surface area (Å²) in [6.45, 7) is 0. The van der Waals surface area contributed by atoms with Crippen LogP contribution in [-0.4, -0.2) is 13.1 Å². The molecule has 0 unspecified atom stereocenters. The summed E-state index contributed by atoms with van der Waals surface area (Å²) < 4.78 is 0. The Kier molecular flexibility index (Phi) is 5.41. The molecule has 0 heterocycles. The van der Waals surface area contributed by atoms with Gasteiger partial charge in [-0.15, -0.1) is 15.3 Å². The van der Waals surface area contributed by atoms with E-state index in [2.05, 4.69) is 31.2 Å².